The smallest absolute Gasteiger partial charge is 0.273 e. The van der Waals surface area contributed by atoms with Gasteiger partial charge in [-0.05, 0) is 50.1 Å². The van der Waals surface area contributed by atoms with Crippen molar-refractivity contribution in [2.45, 2.75) is 20.8 Å². The average Bonchev–Trinajstić information content (AvgIpc) is 2.62. The molecule has 2 rings (SSSR count). The van der Waals surface area contributed by atoms with Crippen molar-refractivity contribution in [3.05, 3.63) is 40.7 Å². The molecule has 5 nitrogen and oxygen atoms in total. The van der Waals surface area contributed by atoms with E-state index in [4.69, 9.17) is 5.73 Å². The Morgan fingerprint density at radius 3 is 2.26 bits per heavy atom. The topological polar surface area (TPSA) is 72.9 Å². The SMILES string of the molecule is Cc1cc(C(=O)Nc2c(C)cc(N)cc2C)n(C)n1. The number of rotatable bonds is 2. The van der Waals surface area contributed by atoms with E-state index in [1.54, 1.807) is 17.8 Å². The lowest BCUT2D eigenvalue weighted by Gasteiger charge is -2.12. The van der Waals surface area contributed by atoms with Gasteiger partial charge in [0.15, 0.2) is 0 Å². The minimum Gasteiger partial charge on any atom is -0.399 e. The Morgan fingerprint density at radius 2 is 1.79 bits per heavy atom. The zero-order valence-corrected chi connectivity index (χ0v) is 11.6. The molecule has 0 atom stereocenters. The van der Waals surface area contributed by atoms with E-state index in [0.717, 1.165) is 22.5 Å². The molecule has 0 radical (unpaired) electrons. The standard InChI is InChI=1S/C14H18N4O/c1-8-5-11(15)6-9(2)13(8)16-14(19)12-7-10(3)17-18(12)4/h5-7H,15H2,1-4H3,(H,16,19). The maximum absolute atomic E-state index is 12.2. The van der Waals surface area contributed by atoms with Crippen molar-refractivity contribution in [1.29, 1.82) is 0 Å². The van der Waals surface area contributed by atoms with Crippen LogP contribution in [0.15, 0.2) is 18.2 Å². The average molecular weight is 258 g/mol. The number of nitrogen functional groups attached to an aromatic ring is 1. The van der Waals surface area contributed by atoms with Crippen LogP contribution in [-0.4, -0.2) is 15.7 Å². The van der Waals surface area contributed by atoms with Crippen molar-refractivity contribution in [2.75, 3.05) is 11.1 Å². The number of carbonyl (C=O) groups is 1. The Morgan fingerprint density at radius 1 is 1.21 bits per heavy atom. The van der Waals surface area contributed by atoms with Gasteiger partial charge in [-0.15, -0.1) is 0 Å². The maximum Gasteiger partial charge on any atom is 0.273 e. The van der Waals surface area contributed by atoms with E-state index in [0.29, 0.717) is 11.4 Å². The van der Waals surface area contributed by atoms with E-state index >= 15 is 0 Å². The number of hydrogen-bond acceptors (Lipinski definition) is 3. The first-order chi connectivity index (χ1) is 8.88. The van der Waals surface area contributed by atoms with Crippen LogP contribution in [0.3, 0.4) is 0 Å². The predicted molar refractivity (Wildman–Crippen MR) is 76.2 cm³/mol. The highest BCUT2D eigenvalue weighted by Crippen LogP contribution is 2.23. The van der Waals surface area contributed by atoms with Gasteiger partial charge in [0.05, 0.1) is 5.69 Å². The third-order valence-electron chi connectivity index (χ3n) is 3.03. The second-order valence-electron chi connectivity index (χ2n) is 4.78. The van der Waals surface area contributed by atoms with E-state index in [1.165, 1.54) is 0 Å². The summed E-state index contributed by atoms with van der Waals surface area (Å²) in [6.45, 7) is 5.71. The lowest BCUT2D eigenvalue weighted by Crippen LogP contribution is -2.17. The second kappa shape index (κ2) is 4.76. The lowest BCUT2D eigenvalue weighted by molar-refractivity contribution is 0.101. The van der Waals surface area contributed by atoms with E-state index in [1.807, 2.05) is 32.9 Å². The first-order valence-corrected chi connectivity index (χ1v) is 6.07. The molecule has 0 aliphatic heterocycles. The van der Waals surface area contributed by atoms with Crippen molar-refractivity contribution in [3.63, 3.8) is 0 Å². The van der Waals surface area contributed by atoms with Crippen LogP contribution in [0.5, 0.6) is 0 Å². The molecule has 0 fully saturated rings. The predicted octanol–water partition coefficient (Wildman–Crippen LogP) is 2.18. The van der Waals surface area contributed by atoms with E-state index in [2.05, 4.69) is 10.4 Å². The summed E-state index contributed by atoms with van der Waals surface area (Å²) in [6, 6.07) is 5.45. The van der Waals surface area contributed by atoms with Crippen molar-refractivity contribution in [3.8, 4) is 0 Å². The van der Waals surface area contributed by atoms with Crippen LogP contribution in [0.25, 0.3) is 0 Å². The Kier molecular flexibility index (Phi) is 3.29. The number of aromatic nitrogens is 2. The third kappa shape index (κ3) is 2.59. The Hall–Kier alpha value is -2.30. The van der Waals surface area contributed by atoms with Gasteiger partial charge in [0.1, 0.15) is 5.69 Å². The van der Waals surface area contributed by atoms with Gasteiger partial charge >= 0.3 is 0 Å². The van der Waals surface area contributed by atoms with Crippen LogP contribution >= 0.6 is 0 Å². The molecule has 0 bridgehead atoms. The number of amides is 1. The number of benzene rings is 1. The molecule has 5 heteroatoms. The number of aryl methyl sites for hydroxylation is 4. The van der Waals surface area contributed by atoms with Crippen LogP contribution in [0, 0.1) is 20.8 Å². The molecule has 100 valence electrons. The molecule has 1 heterocycles. The minimum absolute atomic E-state index is 0.168. The fraction of sp³-hybridized carbons (Fsp3) is 0.286. The number of hydrogen-bond donors (Lipinski definition) is 2. The van der Waals surface area contributed by atoms with Gasteiger partial charge in [0, 0.05) is 18.4 Å². The summed E-state index contributed by atoms with van der Waals surface area (Å²) in [7, 11) is 1.75. The van der Waals surface area contributed by atoms with Crippen LogP contribution in [0.4, 0.5) is 11.4 Å². The lowest BCUT2D eigenvalue weighted by atomic mass is 10.1. The zero-order chi connectivity index (χ0) is 14.2. The fourth-order valence-corrected chi connectivity index (χ4v) is 2.19. The summed E-state index contributed by atoms with van der Waals surface area (Å²) < 4.78 is 1.58. The monoisotopic (exact) mass is 258 g/mol. The van der Waals surface area contributed by atoms with Crippen LogP contribution in [-0.2, 0) is 7.05 Å². The highest BCUT2D eigenvalue weighted by molar-refractivity contribution is 6.04. The molecule has 0 unspecified atom stereocenters. The van der Waals surface area contributed by atoms with Gasteiger partial charge in [-0.25, -0.2) is 0 Å². The molecule has 0 spiro atoms. The number of nitrogens with two attached hydrogens (primary N) is 1. The Bertz CT molecular complexity index is 620. The van der Waals surface area contributed by atoms with Gasteiger partial charge in [-0.2, -0.15) is 5.10 Å². The maximum atomic E-state index is 12.2. The van der Waals surface area contributed by atoms with E-state index in [-0.39, 0.29) is 5.91 Å². The molecule has 1 aromatic carbocycles. The van der Waals surface area contributed by atoms with Crippen molar-refractivity contribution in [1.82, 2.24) is 9.78 Å². The first-order valence-electron chi connectivity index (χ1n) is 6.07. The summed E-state index contributed by atoms with van der Waals surface area (Å²) in [4.78, 5) is 12.2. The molecule has 0 aliphatic carbocycles. The minimum atomic E-state index is -0.168. The van der Waals surface area contributed by atoms with E-state index < -0.39 is 0 Å². The second-order valence-corrected chi connectivity index (χ2v) is 4.78. The van der Waals surface area contributed by atoms with Gasteiger partial charge in [0.2, 0.25) is 0 Å². The van der Waals surface area contributed by atoms with Crippen molar-refractivity contribution < 1.29 is 4.79 Å². The zero-order valence-electron chi connectivity index (χ0n) is 11.6. The normalized spacial score (nSPS) is 10.5. The molecular formula is C14H18N4O. The fourth-order valence-electron chi connectivity index (χ4n) is 2.19. The van der Waals surface area contributed by atoms with Gasteiger partial charge < -0.3 is 11.1 Å². The Balaban J connectivity index is 2.32. The molecule has 1 amide bonds. The number of nitrogens with one attached hydrogen (secondary N) is 1. The third-order valence-corrected chi connectivity index (χ3v) is 3.03. The van der Waals surface area contributed by atoms with Crippen LogP contribution < -0.4 is 11.1 Å². The molecule has 19 heavy (non-hydrogen) atoms. The highest BCUT2D eigenvalue weighted by Gasteiger charge is 2.14. The highest BCUT2D eigenvalue weighted by atomic mass is 16.2. The van der Waals surface area contributed by atoms with Gasteiger partial charge in [0.25, 0.3) is 5.91 Å². The quantitative estimate of drug-likeness (QED) is 0.811. The van der Waals surface area contributed by atoms with Crippen molar-refractivity contribution >= 4 is 17.3 Å². The number of carbonyl (C=O) groups excluding carboxylic acids is 1. The van der Waals surface area contributed by atoms with E-state index in [9.17, 15) is 4.79 Å². The first kappa shape index (κ1) is 13.1. The van der Waals surface area contributed by atoms with Crippen molar-refractivity contribution in [2.24, 2.45) is 7.05 Å². The Labute approximate surface area is 112 Å². The molecule has 0 aliphatic rings. The number of nitrogens with zero attached hydrogens (tertiary/aromatic N) is 2. The number of anilines is 2. The molecule has 0 saturated heterocycles. The molecule has 1 aromatic heterocycles. The summed E-state index contributed by atoms with van der Waals surface area (Å²) in [5.74, 6) is -0.168. The summed E-state index contributed by atoms with van der Waals surface area (Å²) in [5, 5.41) is 7.09. The summed E-state index contributed by atoms with van der Waals surface area (Å²) in [5.41, 5.74) is 10.5. The molecule has 3 N–H and O–H groups in total. The van der Waals surface area contributed by atoms with Crippen LogP contribution in [0.2, 0.25) is 0 Å². The largest absolute Gasteiger partial charge is 0.399 e. The summed E-state index contributed by atoms with van der Waals surface area (Å²) >= 11 is 0. The molecule has 2 aromatic rings. The van der Waals surface area contributed by atoms with Crippen LogP contribution in [0.1, 0.15) is 27.3 Å². The van der Waals surface area contributed by atoms with Gasteiger partial charge in [-0.3, -0.25) is 9.48 Å². The molecule has 0 saturated carbocycles. The van der Waals surface area contributed by atoms with Gasteiger partial charge in [-0.1, -0.05) is 0 Å². The molecular weight excluding hydrogens is 240 g/mol. The summed E-state index contributed by atoms with van der Waals surface area (Å²) in [6.07, 6.45) is 0.